The van der Waals surface area contributed by atoms with Crippen molar-refractivity contribution >= 4 is 28.5 Å². The monoisotopic (exact) mass is 492 g/mol. The fourth-order valence-corrected chi connectivity index (χ4v) is 4.92. The molecule has 2 amide bonds. The molecule has 1 saturated heterocycles. The number of imidazole rings is 1. The first-order chi connectivity index (χ1) is 17.5. The van der Waals surface area contributed by atoms with Gasteiger partial charge in [0.25, 0.3) is 11.8 Å². The highest BCUT2D eigenvalue weighted by molar-refractivity contribution is 6.06. The molecule has 36 heavy (non-hydrogen) atoms. The summed E-state index contributed by atoms with van der Waals surface area (Å²) in [4.78, 5) is 31.0. The largest absolute Gasteiger partial charge is 0.497 e. The van der Waals surface area contributed by atoms with Gasteiger partial charge in [-0.1, -0.05) is 6.42 Å². The second-order valence-corrected chi connectivity index (χ2v) is 9.40. The van der Waals surface area contributed by atoms with Crippen LogP contribution in [-0.4, -0.2) is 48.3 Å². The fraction of sp³-hybridized carbons (Fsp3) is 0.444. The molecule has 2 fully saturated rings. The maximum absolute atomic E-state index is 13.2. The average Bonchev–Trinajstić information content (AvgIpc) is 3.50. The second-order valence-electron chi connectivity index (χ2n) is 9.40. The van der Waals surface area contributed by atoms with Gasteiger partial charge >= 0.3 is 0 Å². The van der Waals surface area contributed by atoms with Crippen molar-refractivity contribution in [3.8, 4) is 11.5 Å². The Balaban J connectivity index is 1.45. The summed E-state index contributed by atoms with van der Waals surface area (Å²) < 4.78 is 18.4. The zero-order valence-corrected chi connectivity index (χ0v) is 20.9. The summed E-state index contributed by atoms with van der Waals surface area (Å²) in [6.45, 7) is 0.839. The summed E-state index contributed by atoms with van der Waals surface area (Å²) >= 11 is 0. The van der Waals surface area contributed by atoms with Gasteiger partial charge in [-0.2, -0.15) is 0 Å². The van der Waals surface area contributed by atoms with Crippen molar-refractivity contribution in [1.29, 1.82) is 0 Å². The number of methoxy groups -OCH3 is 2. The lowest BCUT2D eigenvalue weighted by Crippen LogP contribution is -2.27. The van der Waals surface area contributed by atoms with Gasteiger partial charge in [0.15, 0.2) is 0 Å². The van der Waals surface area contributed by atoms with E-state index in [4.69, 9.17) is 19.2 Å². The molecule has 0 bridgehead atoms. The molecule has 1 aliphatic heterocycles. The number of ether oxygens (including phenoxy) is 3. The number of benzene rings is 2. The third-order valence-electron chi connectivity index (χ3n) is 7.14. The molecule has 2 N–H and O–H groups in total. The minimum Gasteiger partial charge on any atom is -0.497 e. The Hall–Kier alpha value is -3.59. The first-order valence-corrected chi connectivity index (χ1v) is 12.4. The van der Waals surface area contributed by atoms with Crippen molar-refractivity contribution in [3.63, 3.8) is 0 Å². The fourth-order valence-electron chi connectivity index (χ4n) is 4.92. The third kappa shape index (κ3) is 4.63. The Morgan fingerprint density at radius 2 is 1.94 bits per heavy atom. The number of amides is 2. The topological polar surface area (TPSA) is 104 Å². The molecule has 1 aliphatic carbocycles. The number of fused-ring (bicyclic) bond motifs is 1. The number of hydrogen-bond donors (Lipinski definition) is 2. The number of aryl methyl sites for hydroxylation is 1. The molecule has 5 rings (SSSR count). The molecule has 1 saturated carbocycles. The highest BCUT2D eigenvalue weighted by atomic mass is 16.5. The second kappa shape index (κ2) is 10.2. The van der Waals surface area contributed by atoms with Gasteiger partial charge in [0.2, 0.25) is 0 Å². The van der Waals surface area contributed by atoms with Crippen LogP contribution in [0.2, 0.25) is 0 Å². The van der Waals surface area contributed by atoms with E-state index in [0.29, 0.717) is 47.2 Å². The molecule has 2 aliphatic rings. The number of anilines is 1. The van der Waals surface area contributed by atoms with E-state index in [1.807, 2.05) is 23.7 Å². The number of hydrogen-bond acceptors (Lipinski definition) is 6. The molecule has 190 valence electrons. The standard InChI is InChI=1S/C27H32N4O5/c1-31-24-20(29-25(31)16-6-4-7-16)13-17(14-21(24)30-27(33)23-8-5-11-36-23)26(32)28-15-18-12-19(34-2)9-10-22(18)35-3/h9-10,12-14,16,23H,4-8,11,15H2,1-3H3,(H,28,32)(H,30,33). The van der Waals surface area contributed by atoms with Crippen molar-refractivity contribution in [2.75, 3.05) is 26.1 Å². The average molecular weight is 493 g/mol. The van der Waals surface area contributed by atoms with Crippen molar-refractivity contribution in [2.45, 2.75) is 50.7 Å². The highest BCUT2D eigenvalue weighted by Crippen LogP contribution is 2.38. The molecular weight excluding hydrogens is 460 g/mol. The summed E-state index contributed by atoms with van der Waals surface area (Å²) in [6, 6.07) is 8.96. The van der Waals surface area contributed by atoms with Crippen LogP contribution in [0.5, 0.6) is 11.5 Å². The van der Waals surface area contributed by atoms with Gasteiger partial charge in [0.1, 0.15) is 23.4 Å². The van der Waals surface area contributed by atoms with Crippen LogP contribution in [0.4, 0.5) is 5.69 Å². The molecular formula is C27H32N4O5. The van der Waals surface area contributed by atoms with Crippen LogP contribution < -0.4 is 20.1 Å². The van der Waals surface area contributed by atoms with E-state index in [9.17, 15) is 9.59 Å². The minimum absolute atomic E-state index is 0.195. The molecule has 2 aromatic carbocycles. The summed E-state index contributed by atoms with van der Waals surface area (Å²) in [7, 11) is 5.15. The lowest BCUT2D eigenvalue weighted by Gasteiger charge is -2.24. The molecule has 0 spiro atoms. The van der Waals surface area contributed by atoms with Gasteiger partial charge in [-0.15, -0.1) is 0 Å². The van der Waals surface area contributed by atoms with E-state index in [0.717, 1.165) is 36.2 Å². The molecule has 2 heterocycles. The number of rotatable bonds is 8. The maximum atomic E-state index is 13.2. The Morgan fingerprint density at radius 1 is 1.11 bits per heavy atom. The van der Waals surface area contributed by atoms with E-state index in [1.165, 1.54) is 6.42 Å². The van der Waals surface area contributed by atoms with Crippen LogP contribution >= 0.6 is 0 Å². The van der Waals surface area contributed by atoms with Crippen LogP contribution in [0.1, 0.15) is 59.8 Å². The highest BCUT2D eigenvalue weighted by Gasteiger charge is 2.28. The smallest absolute Gasteiger partial charge is 0.253 e. The van der Waals surface area contributed by atoms with E-state index in [2.05, 4.69) is 10.6 Å². The summed E-state index contributed by atoms with van der Waals surface area (Å²) in [6.07, 6.45) is 4.47. The predicted octanol–water partition coefficient (Wildman–Crippen LogP) is 3.91. The Bertz CT molecular complexity index is 1290. The van der Waals surface area contributed by atoms with Crippen LogP contribution in [0, 0.1) is 0 Å². The molecule has 9 heteroatoms. The number of aromatic nitrogens is 2. The Morgan fingerprint density at radius 3 is 2.61 bits per heavy atom. The van der Waals surface area contributed by atoms with E-state index in [1.54, 1.807) is 32.4 Å². The molecule has 1 atom stereocenters. The van der Waals surface area contributed by atoms with E-state index in [-0.39, 0.29) is 18.4 Å². The van der Waals surface area contributed by atoms with Crippen LogP contribution in [0.3, 0.4) is 0 Å². The normalized spacial score (nSPS) is 17.6. The third-order valence-corrected chi connectivity index (χ3v) is 7.14. The Labute approximate surface area is 210 Å². The lowest BCUT2D eigenvalue weighted by molar-refractivity contribution is -0.124. The Kier molecular flexibility index (Phi) is 6.82. The van der Waals surface area contributed by atoms with Crippen molar-refractivity contribution in [1.82, 2.24) is 14.9 Å². The molecule has 0 radical (unpaired) electrons. The molecule has 3 aromatic rings. The zero-order valence-electron chi connectivity index (χ0n) is 20.9. The van der Waals surface area contributed by atoms with Crippen LogP contribution in [0.25, 0.3) is 11.0 Å². The summed E-state index contributed by atoms with van der Waals surface area (Å²) in [5.74, 6) is 2.26. The van der Waals surface area contributed by atoms with Gasteiger partial charge in [0.05, 0.1) is 30.9 Å². The van der Waals surface area contributed by atoms with Crippen LogP contribution in [0.15, 0.2) is 30.3 Å². The van der Waals surface area contributed by atoms with Crippen molar-refractivity contribution in [3.05, 3.63) is 47.3 Å². The lowest BCUT2D eigenvalue weighted by atomic mass is 9.85. The quantitative estimate of drug-likeness (QED) is 0.494. The molecule has 1 aromatic heterocycles. The van der Waals surface area contributed by atoms with Crippen LogP contribution in [-0.2, 0) is 23.1 Å². The number of carbonyl (C=O) groups is 2. The van der Waals surface area contributed by atoms with Gasteiger partial charge < -0.3 is 29.4 Å². The number of nitrogens with one attached hydrogen (secondary N) is 2. The predicted molar refractivity (Wildman–Crippen MR) is 136 cm³/mol. The number of carbonyl (C=O) groups excluding carboxylic acids is 2. The number of nitrogens with zero attached hydrogens (tertiary/aromatic N) is 2. The first kappa shape index (κ1) is 24.1. The van der Waals surface area contributed by atoms with Gasteiger partial charge in [-0.25, -0.2) is 4.98 Å². The van der Waals surface area contributed by atoms with E-state index >= 15 is 0 Å². The minimum atomic E-state index is -0.475. The van der Waals surface area contributed by atoms with Gasteiger partial charge in [-0.3, -0.25) is 9.59 Å². The van der Waals surface area contributed by atoms with Crippen molar-refractivity contribution in [2.24, 2.45) is 7.05 Å². The first-order valence-electron chi connectivity index (χ1n) is 12.4. The zero-order chi connectivity index (χ0) is 25.2. The summed E-state index contributed by atoms with van der Waals surface area (Å²) in [5.41, 5.74) is 3.29. The molecule has 1 unspecified atom stereocenters. The van der Waals surface area contributed by atoms with Gasteiger partial charge in [-0.05, 0) is 56.0 Å². The van der Waals surface area contributed by atoms with E-state index < -0.39 is 6.10 Å². The van der Waals surface area contributed by atoms with Gasteiger partial charge in [0, 0.05) is 37.2 Å². The summed E-state index contributed by atoms with van der Waals surface area (Å²) in [5, 5.41) is 5.98. The maximum Gasteiger partial charge on any atom is 0.253 e. The SMILES string of the molecule is COc1ccc(OC)c(CNC(=O)c2cc(NC(=O)C3CCCO3)c3c(c2)nc(C2CCC2)n3C)c1. The van der Waals surface area contributed by atoms with Crippen molar-refractivity contribution < 1.29 is 23.8 Å². The molecule has 9 nitrogen and oxygen atoms in total.